The SMILES string of the molecule is CCCCCCCCOC(=O)C1=C(C)Nc2ncnn2[C@@H]1c1ccc(Br)cc1. The molecule has 150 valence electrons. The van der Waals surface area contributed by atoms with Gasteiger partial charge in [-0.1, -0.05) is 67.1 Å². The maximum atomic E-state index is 12.9. The number of hydrogen-bond donors (Lipinski definition) is 1. The molecule has 1 atom stereocenters. The lowest BCUT2D eigenvalue weighted by molar-refractivity contribution is -0.139. The summed E-state index contributed by atoms with van der Waals surface area (Å²) in [5.41, 5.74) is 2.29. The predicted octanol–water partition coefficient (Wildman–Crippen LogP) is 5.23. The van der Waals surface area contributed by atoms with Crippen LogP contribution in [0.2, 0.25) is 0 Å². The van der Waals surface area contributed by atoms with Crippen LogP contribution in [-0.2, 0) is 9.53 Å². The molecule has 1 aromatic heterocycles. The van der Waals surface area contributed by atoms with Crippen LogP contribution >= 0.6 is 15.9 Å². The molecule has 0 bridgehead atoms. The second-order valence-electron chi connectivity index (χ2n) is 7.05. The van der Waals surface area contributed by atoms with Crippen LogP contribution in [0.15, 0.2) is 46.3 Å². The van der Waals surface area contributed by atoms with Gasteiger partial charge in [-0.15, -0.1) is 0 Å². The fraction of sp³-hybridized carbons (Fsp3) is 0.476. The first-order valence-corrected chi connectivity index (χ1v) is 10.7. The third kappa shape index (κ3) is 4.82. The topological polar surface area (TPSA) is 69.0 Å². The van der Waals surface area contributed by atoms with Gasteiger partial charge in [0.2, 0.25) is 5.95 Å². The summed E-state index contributed by atoms with van der Waals surface area (Å²) in [5, 5.41) is 7.50. The summed E-state index contributed by atoms with van der Waals surface area (Å²) in [4.78, 5) is 17.2. The maximum absolute atomic E-state index is 12.9. The number of rotatable bonds is 9. The van der Waals surface area contributed by atoms with E-state index in [1.54, 1.807) is 4.68 Å². The van der Waals surface area contributed by atoms with Gasteiger partial charge in [0, 0.05) is 10.2 Å². The highest BCUT2D eigenvalue weighted by molar-refractivity contribution is 9.10. The van der Waals surface area contributed by atoms with Gasteiger partial charge >= 0.3 is 5.97 Å². The Morgan fingerprint density at radius 3 is 2.64 bits per heavy atom. The molecule has 1 aliphatic heterocycles. The molecule has 1 aliphatic rings. The van der Waals surface area contributed by atoms with Crippen molar-refractivity contribution < 1.29 is 9.53 Å². The van der Waals surface area contributed by atoms with Gasteiger partial charge in [0.1, 0.15) is 12.4 Å². The van der Waals surface area contributed by atoms with E-state index in [9.17, 15) is 4.79 Å². The number of fused-ring (bicyclic) bond motifs is 1. The number of hydrogen-bond acceptors (Lipinski definition) is 5. The minimum absolute atomic E-state index is 0.298. The average Bonchev–Trinajstić information content (AvgIpc) is 3.14. The van der Waals surface area contributed by atoms with E-state index in [1.165, 1.54) is 32.0 Å². The number of aromatic nitrogens is 3. The third-order valence-corrected chi connectivity index (χ3v) is 5.46. The predicted molar refractivity (Wildman–Crippen MR) is 113 cm³/mol. The lowest BCUT2D eigenvalue weighted by Gasteiger charge is -2.28. The Morgan fingerprint density at radius 2 is 1.89 bits per heavy atom. The Bertz CT molecular complexity index is 829. The van der Waals surface area contributed by atoms with Crippen molar-refractivity contribution in [3.63, 3.8) is 0 Å². The second-order valence-corrected chi connectivity index (χ2v) is 7.97. The number of halogens is 1. The van der Waals surface area contributed by atoms with Crippen molar-refractivity contribution in [2.45, 2.75) is 58.4 Å². The fourth-order valence-electron chi connectivity index (χ4n) is 3.43. The summed E-state index contributed by atoms with van der Waals surface area (Å²) < 4.78 is 8.33. The molecular formula is C21H27BrN4O2. The number of anilines is 1. The average molecular weight is 447 g/mol. The van der Waals surface area contributed by atoms with Crippen LogP contribution in [0.5, 0.6) is 0 Å². The van der Waals surface area contributed by atoms with Gasteiger partial charge < -0.3 is 10.1 Å². The highest BCUT2D eigenvalue weighted by Crippen LogP contribution is 2.35. The lowest BCUT2D eigenvalue weighted by atomic mass is 9.96. The van der Waals surface area contributed by atoms with Crippen molar-refractivity contribution in [2.24, 2.45) is 0 Å². The summed E-state index contributed by atoms with van der Waals surface area (Å²) in [7, 11) is 0. The number of ether oxygens (including phenoxy) is 1. The van der Waals surface area contributed by atoms with Crippen LogP contribution in [0, 0.1) is 0 Å². The number of unbranched alkanes of at least 4 members (excludes halogenated alkanes) is 5. The largest absolute Gasteiger partial charge is 0.462 e. The van der Waals surface area contributed by atoms with Crippen molar-refractivity contribution in [3.05, 3.63) is 51.9 Å². The zero-order valence-electron chi connectivity index (χ0n) is 16.4. The van der Waals surface area contributed by atoms with E-state index in [-0.39, 0.29) is 12.0 Å². The van der Waals surface area contributed by atoms with Gasteiger partial charge in [0.05, 0.1) is 12.2 Å². The van der Waals surface area contributed by atoms with Crippen LogP contribution < -0.4 is 5.32 Å². The van der Waals surface area contributed by atoms with E-state index >= 15 is 0 Å². The van der Waals surface area contributed by atoms with Crippen molar-refractivity contribution in [3.8, 4) is 0 Å². The van der Waals surface area contributed by atoms with Crippen molar-refractivity contribution in [1.82, 2.24) is 14.8 Å². The van der Waals surface area contributed by atoms with Crippen molar-refractivity contribution in [1.29, 1.82) is 0 Å². The molecule has 0 aliphatic carbocycles. The van der Waals surface area contributed by atoms with E-state index in [2.05, 4.69) is 38.3 Å². The number of nitrogens with one attached hydrogen (secondary N) is 1. The highest BCUT2D eigenvalue weighted by atomic mass is 79.9. The van der Waals surface area contributed by atoms with Gasteiger partial charge in [-0.25, -0.2) is 9.48 Å². The molecule has 0 spiro atoms. The molecule has 7 heteroatoms. The first-order chi connectivity index (χ1) is 13.6. The Kier molecular flexibility index (Phi) is 7.25. The Balaban J connectivity index is 1.72. The minimum atomic E-state index is -0.357. The lowest BCUT2D eigenvalue weighted by Crippen LogP contribution is -2.29. The van der Waals surface area contributed by atoms with Gasteiger partial charge in [0.25, 0.3) is 0 Å². The maximum Gasteiger partial charge on any atom is 0.338 e. The Labute approximate surface area is 174 Å². The quantitative estimate of drug-likeness (QED) is 0.421. The molecule has 1 N–H and O–H groups in total. The summed E-state index contributed by atoms with van der Waals surface area (Å²) in [6.45, 7) is 4.53. The number of esters is 1. The van der Waals surface area contributed by atoms with Crippen molar-refractivity contribution in [2.75, 3.05) is 11.9 Å². The van der Waals surface area contributed by atoms with Gasteiger partial charge in [0.15, 0.2) is 0 Å². The second kappa shape index (κ2) is 9.87. The van der Waals surface area contributed by atoms with Gasteiger partial charge in [-0.2, -0.15) is 10.1 Å². The summed E-state index contributed by atoms with van der Waals surface area (Å²) in [6.07, 6.45) is 8.42. The van der Waals surface area contributed by atoms with E-state index in [0.29, 0.717) is 18.1 Å². The molecule has 6 nitrogen and oxygen atoms in total. The molecule has 0 saturated heterocycles. The van der Waals surface area contributed by atoms with Crippen LogP contribution in [0.1, 0.15) is 64.0 Å². The van der Waals surface area contributed by atoms with Crippen LogP contribution in [0.25, 0.3) is 0 Å². The molecule has 3 rings (SSSR count). The number of allylic oxidation sites excluding steroid dienone is 1. The summed E-state index contributed by atoms with van der Waals surface area (Å²) in [6, 6.07) is 7.54. The normalized spacial score (nSPS) is 15.9. The zero-order chi connectivity index (χ0) is 19.9. The standard InChI is InChI=1S/C21H27BrN4O2/c1-3-4-5-6-7-8-13-28-20(27)18-15(2)25-21-23-14-24-26(21)19(18)16-9-11-17(22)12-10-16/h9-12,14,19H,3-8,13H2,1-2H3,(H,23,24,25)/t19-/m1/s1. The molecule has 0 saturated carbocycles. The molecule has 0 unspecified atom stereocenters. The minimum Gasteiger partial charge on any atom is -0.462 e. The van der Waals surface area contributed by atoms with Gasteiger partial charge in [-0.3, -0.25) is 0 Å². The molecule has 0 radical (unpaired) electrons. The Hall–Kier alpha value is -2.15. The molecule has 2 aromatic rings. The highest BCUT2D eigenvalue weighted by Gasteiger charge is 2.34. The number of carbonyl (C=O) groups is 1. The van der Waals surface area contributed by atoms with E-state index < -0.39 is 0 Å². The third-order valence-electron chi connectivity index (χ3n) is 4.93. The summed E-state index contributed by atoms with van der Waals surface area (Å²) >= 11 is 3.46. The molecule has 1 aromatic carbocycles. The van der Waals surface area contributed by atoms with E-state index in [1.807, 2.05) is 31.2 Å². The molecule has 0 amide bonds. The fourth-order valence-corrected chi connectivity index (χ4v) is 3.70. The monoisotopic (exact) mass is 446 g/mol. The molecule has 0 fully saturated rings. The number of carbonyl (C=O) groups excluding carboxylic acids is 1. The van der Waals surface area contributed by atoms with Crippen LogP contribution in [0.4, 0.5) is 5.95 Å². The van der Waals surface area contributed by atoms with Crippen molar-refractivity contribution >= 4 is 27.8 Å². The van der Waals surface area contributed by atoms with Gasteiger partial charge in [-0.05, 0) is 31.0 Å². The molecule has 28 heavy (non-hydrogen) atoms. The zero-order valence-corrected chi connectivity index (χ0v) is 18.0. The molecular weight excluding hydrogens is 420 g/mol. The number of nitrogens with zero attached hydrogens (tertiary/aromatic N) is 3. The van der Waals surface area contributed by atoms with E-state index in [4.69, 9.17) is 4.74 Å². The Morgan fingerprint density at radius 1 is 1.18 bits per heavy atom. The first-order valence-electron chi connectivity index (χ1n) is 9.91. The molecule has 2 heterocycles. The van der Waals surface area contributed by atoms with Crippen LogP contribution in [-0.4, -0.2) is 27.3 Å². The van der Waals surface area contributed by atoms with Crippen LogP contribution in [0.3, 0.4) is 0 Å². The number of benzene rings is 1. The first kappa shape index (κ1) is 20.6. The summed E-state index contributed by atoms with van der Waals surface area (Å²) in [5.74, 6) is 0.325. The van der Waals surface area contributed by atoms with E-state index in [0.717, 1.165) is 28.6 Å². The smallest absolute Gasteiger partial charge is 0.338 e.